The summed E-state index contributed by atoms with van der Waals surface area (Å²) in [6.07, 6.45) is -3.86. The maximum Gasteiger partial charge on any atom is 0.573 e. The zero-order chi connectivity index (χ0) is 23.7. The number of thiazole rings is 1. The molecule has 1 N–H and O–H groups in total. The molecule has 3 aromatic rings. The second-order valence-electron chi connectivity index (χ2n) is 7.17. The highest BCUT2D eigenvalue weighted by molar-refractivity contribution is 7.07. The summed E-state index contributed by atoms with van der Waals surface area (Å²) in [6.45, 7) is 3.43. The zero-order valence-electron chi connectivity index (χ0n) is 18.1. The van der Waals surface area contributed by atoms with E-state index >= 15 is 0 Å². The molecule has 1 aromatic heterocycles. The summed E-state index contributed by atoms with van der Waals surface area (Å²) >= 11 is 7.45. The average Bonchev–Trinajstić information content (AvgIpc) is 3.18. The Labute approximate surface area is 199 Å². The van der Waals surface area contributed by atoms with E-state index in [4.69, 9.17) is 21.3 Å². The van der Waals surface area contributed by atoms with Crippen molar-refractivity contribution in [2.24, 2.45) is 4.99 Å². The zero-order valence-corrected chi connectivity index (χ0v) is 19.6. The van der Waals surface area contributed by atoms with Gasteiger partial charge in [0.25, 0.3) is 0 Å². The monoisotopic (exact) mass is 499 g/mol. The summed E-state index contributed by atoms with van der Waals surface area (Å²) in [5.41, 5.74) is 2.72. The van der Waals surface area contributed by atoms with Crippen LogP contribution < -0.4 is 14.9 Å². The van der Waals surface area contributed by atoms with E-state index in [1.807, 2.05) is 29.6 Å². The molecule has 0 aliphatic carbocycles. The van der Waals surface area contributed by atoms with Gasteiger partial charge in [-0.05, 0) is 60.5 Å². The van der Waals surface area contributed by atoms with Crippen LogP contribution in [0.3, 0.4) is 0 Å². The van der Waals surface area contributed by atoms with Crippen LogP contribution in [0.2, 0.25) is 5.02 Å². The van der Waals surface area contributed by atoms with Gasteiger partial charge >= 0.3 is 6.36 Å². The highest BCUT2D eigenvalue weighted by atomic mass is 35.5. The van der Waals surface area contributed by atoms with E-state index in [-0.39, 0.29) is 5.75 Å². The number of halogens is 4. The average molecular weight is 500 g/mol. The van der Waals surface area contributed by atoms with Crippen molar-refractivity contribution in [2.45, 2.75) is 25.9 Å². The van der Waals surface area contributed by atoms with Gasteiger partial charge in [0.1, 0.15) is 5.75 Å². The van der Waals surface area contributed by atoms with Crippen molar-refractivity contribution < 1.29 is 22.6 Å². The topological polar surface area (TPSA) is 47.8 Å². The minimum absolute atomic E-state index is 0.247. The van der Waals surface area contributed by atoms with Crippen molar-refractivity contribution >= 4 is 22.9 Å². The standard InChI is InChI=1S/C23H25ClF3N3O2S/c1-31-14-12-28-11-2-13-30-21(18-5-9-20(10-6-18)32-23(25,26)27)16-33-22(30)29-15-17-3-7-19(24)8-4-17/h3-10,16,28H,2,11-15H2,1H3/b29-22-. The summed E-state index contributed by atoms with van der Waals surface area (Å²) in [6, 6.07) is 13.4. The summed E-state index contributed by atoms with van der Waals surface area (Å²) in [7, 11) is 1.66. The maximum absolute atomic E-state index is 12.5. The Morgan fingerprint density at radius 3 is 2.45 bits per heavy atom. The first-order valence-electron chi connectivity index (χ1n) is 10.3. The first kappa shape index (κ1) is 25.3. The Hall–Kier alpha value is -2.33. The van der Waals surface area contributed by atoms with Crippen molar-refractivity contribution in [3.05, 3.63) is 69.3 Å². The maximum atomic E-state index is 12.5. The molecule has 3 rings (SSSR count). The van der Waals surface area contributed by atoms with E-state index in [1.165, 1.54) is 23.5 Å². The number of hydrogen-bond donors (Lipinski definition) is 1. The third-order valence-corrected chi connectivity index (χ3v) is 5.86. The van der Waals surface area contributed by atoms with Crippen LogP contribution in [0.5, 0.6) is 5.75 Å². The number of nitrogens with one attached hydrogen (secondary N) is 1. The van der Waals surface area contributed by atoms with Crippen LogP contribution in [0.15, 0.2) is 58.9 Å². The van der Waals surface area contributed by atoms with Crippen LogP contribution >= 0.6 is 22.9 Å². The van der Waals surface area contributed by atoms with E-state index in [0.717, 1.165) is 41.1 Å². The predicted octanol–water partition coefficient (Wildman–Crippen LogP) is 5.50. The van der Waals surface area contributed by atoms with E-state index in [1.54, 1.807) is 19.2 Å². The SMILES string of the molecule is COCCNCCCn1c(-c2ccc(OC(F)(F)F)cc2)cs/c1=N\Cc1ccc(Cl)cc1. The van der Waals surface area contributed by atoms with Gasteiger partial charge in [-0.3, -0.25) is 4.99 Å². The van der Waals surface area contributed by atoms with Gasteiger partial charge in [0.05, 0.1) is 18.8 Å². The quantitative estimate of drug-likeness (QED) is 0.355. The van der Waals surface area contributed by atoms with Gasteiger partial charge in [-0.2, -0.15) is 0 Å². The third-order valence-electron chi connectivity index (χ3n) is 4.71. The van der Waals surface area contributed by atoms with E-state index in [2.05, 4.69) is 14.6 Å². The molecular formula is C23H25ClF3N3O2S. The van der Waals surface area contributed by atoms with Crippen LogP contribution in [0.1, 0.15) is 12.0 Å². The number of ether oxygens (including phenoxy) is 2. The number of methoxy groups -OCH3 is 1. The second kappa shape index (κ2) is 12.2. The van der Waals surface area contributed by atoms with Crippen molar-refractivity contribution in [1.82, 2.24) is 9.88 Å². The Morgan fingerprint density at radius 2 is 1.79 bits per heavy atom. The molecule has 0 spiro atoms. The molecular weight excluding hydrogens is 475 g/mol. The minimum atomic E-state index is -4.71. The summed E-state index contributed by atoms with van der Waals surface area (Å²) < 4.78 is 48.5. The summed E-state index contributed by atoms with van der Waals surface area (Å²) in [5, 5.41) is 5.96. The molecule has 2 aromatic carbocycles. The Bertz CT molecular complexity index is 1060. The molecule has 1 heterocycles. The van der Waals surface area contributed by atoms with Crippen LogP contribution in [-0.2, 0) is 17.8 Å². The van der Waals surface area contributed by atoms with Crippen LogP contribution in [0.4, 0.5) is 13.2 Å². The van der Waals surface area contributed by atoms with Gasteiger partial charge in [0.2, 0.25) is 0 Å². The Balaban J connectivity index is 1.81. The molecule has 0 radical (unpaired) electrons. The van der Waals surface area contributed by atoms with Gasteiger partial charge in [-0.1, -0.05) is 23.7 Å². The van der Waals surface area contributed by atoms with Gasteiger partial charge in [-0.15, -0.1) is 24.5 Å². The molecule has 10 heteroatoms. The van der Waals surface area contributed by atoms with E-state index in [0.29, 0.717) is 24.7 Å². The molecule has 5 nitrogen and oxygen atoms in total. The molecule has 0 amide bonds. The molecule has 0 unspecified atom stereocenters. The van der Waals surface area contributed by atoms with Crippen molar-refractivity contribution in [3.8, 4) is 17.0 Å². The van der Waals surface area contributed by atoms with E-state index in [9.17, 15) is 13.2 Å². The number of rotatable bonds is 11. The van der Waals surface area contributed by atoms with Gasteiger partial charge in [0, 0.05) is 30.6 Å². The van der Waals surface area contributed by atoms with Crippen LogP contribution in [0, 0.1) is 0 Å². The molecule has 0 bridgehead atoms. The molecule has 0 fully saturated rings. The number of nitrogens with zero attached hydrogens (tertiary/aromatic N) is 2. The molecule has 0 atom stereocenters. The number of benzene rings is 2. The number of alkyl halides is 3. The lowest BCUT2D eigenvalue weighted by molar-refractivity contribution is -0.274. The fraction of sp³-hybridized carbons (Fsp3) is 0.348. The number of hydrogen-bond acceptors (Lipinski definition) is 5. The van der Waals surface area contributed by atoms with Crippen LogP contribution in [0.25, 0.3) is 11.3 Å². The fourth-order valence-corrected chi connectivity index (χ4v) is 4.20. The highest BCUT2D eigenvalue weighted by Crippen LogP contribution is 2.27. The summed E-state index contributed by atoms with van der Waals surface area (Å²) in [5.74, 6) is -0.247. The predicted molar refractivity (Wildman–Crippen MR) is 125 cm³/mol. The highest BCUT2D eigenvalue weighted by Gasteiger charge is 2.31. The lowest BCUT2D eigenvalue weighted by Crippen LogP contribution is -2.23. The van der Waals surface area contributed by atoms with Crippen molar-refractivity contribution in [3.63, 3.8) is 0 Å². The van der Waals surface area contributed by atoms with Crippen molar-refractivity contribution in [2.75, 3.05) is 26.8 Å². The van der Waals surface area contributed by atoms with Gasteiger partial charge in [0.15, 0.2) is 4.80 Å². The lowest BCUT2D eigenvalue weighted by atomic mass is 10.1. The number of aromatic nitrogens is 1. The Kier molecular flexibility index (Phi) is 9.37. The lowest BCUT2D eigenvalue weighted by Gasteiger charge is -2.12. The first-order chi connectivity index (χ1) is 15.9. The van der Waals surface area contributed by atoms with Crippen molar-refractivity contribution in [1.29, 1.82) is 0 Å². The van der Waals surface area contributed by atoms with Gasteiger partial charge in [-0.25, -0.2) is 0 Å². The molecule has 0 aliphatic rings. The van der Waals surface area contributed by atoms with Crippen LogP contribution in [-0.4, -0.2) is 37.7 Å². The largest absolute Gasteiger partial charge is 0.573 e. The Morgan fingerprint density at radius 1 is 1.06 bits per heavy atom. The molecule has 178 valence electrons. The van der Waals surface area contributed by atoms with Gasteiger partial charge < -0.3 is 19.4 Å². The second-order valence-corrected chi connectivity index (χ2v) is 8.44. The normalized spacial score (nSPS) is 12.3. The molecule has 0 aliphatic heterocycles. The molecule has 0 saturated heterocycles. The fourth-order valence-electron chi connectivity index (χ4n) is 3.14. The summed E-state index contributed by atoms with van der Waals surface area (Å²) in [4.78, 5) is 5.61. The minimum Gasteiger partial charge on any atom is -0.406 e. The molecule has 33 heavy (non-hydrogen) atoms. The first-order valence-corrected chi connectivity index (χ1v) is 11.6. The van der Waals surface area contributed by atoms with E-state index < -0.39 is 6.36 Å². The molecule has 0 saturated carbocycles. The third kappa shape index (κ3) is 8.19. The smallest absolute Gasteiger partial charge is 0.406 e.